The van der Waals surface area contributed by atoms with E-state index in [4.69, 9.17) is 4.74 Å². The zero-order chi connectivity index (χ0) is 9.97. The average molecular weight is 254 g/mol. The molecule has 2 nitrogen and oxygen atoms in total. The molecule has 74 valence electrons. The van der Waals surface area contributed by atoms with Crippen LogP contribution in [0.3, 0.4) is 0 Å². The van der Waals surface area contributed by atoms with Gasteiger partial charge in [-0.3, -0.25) is 0 Å². The van der Waals surface area contributed by atoms with Crippen molar-refractivity contribution in [3.05, 3.63) is 34.9 Å². The number of benzene rings is 1. The molecule has 0 unspecified atom stereocenters. The van der Waals surface area contributed by atoms with Crippen molar-refractivity contribution >= 4 is 26.8 Å². The topological polar surface area (TPSA) is 14.2 Å². The Morgan fingerprint density at radius 3 is 3.00 bits per heavy atom. The number of hydrogen-bond acceptors (Lipinski definition) is 1. The van der Waals surface area contributed by atoms with Crippen LogP contribution in [0.25, 0.3) is 10.9 Å². The van der Waals surface area contributed by atoms with Crippen LogP contribution in [0.15, 0.2) is 34.9 Å². The van der Waals surface area contributed by atoms with Crippen LogP contribution in [-0.2, 0) is 11.5 Å². The minimum absolute atomic E-state index is 0.621. The molecule has 2 rings (SSSR count). The van der Waals surface area contributed by atoms with Crippen LogP contribution in [0.4, 0.5) is 0 Å². The minimum atomic E-state index is 0.621. The summed E-state index contributed by atoms with van der Waals surface area (Å²) in [4.78, 5) is 0. The van der Waals surface area contributed by atoms with Gasteiger partial charge in [-0.2, -0.15) is 0 Å². The lowest BCUT2D eigenvalue weighted by Gasteiger charge is -2.04. The van der Waals surface area contributed by atoms with E-state index < -0.39 is 0 Å². The van der Waals surface area contributed by atoms with Gasteiger partial charge in [0.05, 0.1) is 5.52 Å². The van der Waals surface area contributed by atoms with Crippen molar-refractivity contribution in [2.24, 2.45) is 0 Å². The van der Waals surface area contributed by atoms with Crippen LogP contribution < -0.4 is 0 Å². The molecule has 14 heavy (non-hydrogen) atoms. The zero-order valence-corrected chi connectivity index (χ0v) is 9.62. The number of halogens is 1. The Hall–Kier alpha value is -0.800. The fraction of sp³-hybridized carbons (Fsp3) is 0.273. The van der Waals surface area contributed by atoms with Gasteiger partial charge in [-0.05, 0) is 30.5 Å². The van der Waals surface area contributed by atoms with E-state index in [-0.39, 0.29) is 0 Å². The number of ether oxygens (including phenoxy) is 1. The highest BCUT2D eigenvalue weighted by Gasteiger charge is 2.00. The molecule has 0 N–H and O–H groups in total. The molecule has 0 spiro atoms. The van der Waals surface area contributed by atoms with Crippen LogP contribution in [0.2, 0.25) is 0 Å². The molecule has 2 aromatic rings. The lowest BCUT2D eigenvalue weighted by molar-refractivity contribution is 0.0909. The van der Waals surface area contributed by atoms with E-state index >= 15 is 0 Å². The maximum atomic E-state index is 5.37. The molecule has 0 aliphatic heterocycles. The van der Waals surface area contributed by atoms with Gasteiger partial charge in [-0.1, -0.05) is 22.0 Å². The van der Waals surface area contributed by atoms with Crippen LogP contribution in [-0.4, -0.2) is 11.2 Å². The number of nitrogens with zero attached hydrogens (tertiary/aromatic N) is 1. The van der Waals surface area contributed by atoms with E-state index in [1.165, 1.54) is 10.9 Å². The fourth-order valence-corrected chi connectivity index (χ4v) is 1.81. The molecule has 0 aliphatic carbocycles. The second-order valence-electron chi connectivity index (χ2n) is 3.11. The molecule has 0 atom stereocenters. The van der Waals surface area contributed by atoms with Gasteiger partial charge in [0.2, 0.25) is 0 Å². The predicted molar refractivity (Wildman–Crippen MR) is 61.3 cm³/mol. The number of fused-ring (bicyclic) bond motifs is 1. The maximum absolute atomic E-state index is 5.37. The third kappa shape index (κ3) is 1.83. The molecule has 0 saturated carbocycles. The Bertz CT molecular complexity index is 436. The van der Waals surface area contributed by atoms with Crippen molar-refractivity contribution in [2.45, 2.75) is 13.7 Å². The van der Waals surface area contributed by atoms with Crippen molar-refractivity contribution in [3.8, 4) is 0 Å². The summed E-state index contributed by atoms with van der Waals surface area (Å²) in [6.45, 7) is 3.37. The van der Waals surface area contributed by atoms with Crippen molar-refractivity contribution in [2.75, 3.05) is 6.61 Å². The van der Waals surface area contributed by atoms with E-state index in [0.717, 1.165) is 11.1 Å². The molecular weight excluding hydrogens is 242 g/mol. The zero-order valence-electron chi connectivity index (χ0n) is 8.03. The number of aromatic nitrogens is 1. The Balaban J connectivity index is 2.40. The molecule has 0 aliphatic rings. The fourth-order valence-electron chi connectivity index (χ4n) is 1.46. The van der Waals surface area contributed by atoms with Gasteiger partial charge in [0.15, 0.2) is 0 Å². The van der Waals surface area contributed by atoms with Gasteiger partial charge >= 0.3 is 0 Å². The van der Waals surface area contributed by atoms with Crippen molar-refractivity contribution in [1.29, 1.82) is 0 Å². The monoisotopic (exact) mass is 253 g/mol. The van der Waals surface area contributed by atoms with E-state index in [1.54, 1.807) is 0 Å². The Kier molecular flexibility index (Phi) is 2.89. The van der Waals surface area contributed by atoms with Crippen molar-refractivity contribution in [1.82, 2.24) is 4.57 Å². The maximum Gasteiger partial charge on any atom is 0.122 e. The quantitative estimate of drug-likeness (QED) is 0.818. The highest BCUT2D eigenvalue weighted by molar-refractivity contribution is 9.10. The summed E-state index contributed by atoms with van der Waals surface area (Å²) in [6.07, 6.45) is 2.05. The van der Waals surface area contributed by atoms with E-state index in [1.807, 2.05) is 19.2 Å². The summed E-state index contributed by atoms with van der Waals surface area (Å²) >= 11 is 3.47. The Morgan fingerprint density at radius 1 is 1.36 bits per heavy atom. The average Bonchev–Trinajstić information content (AvgIpc) is 2.57. The van der Waals surface area contributed by atoms with E-state index in [2.05, 4.69) is 38.7 Å². The number of rotatable bonds is 3. The smallest absolute Gasteiger partial charge is 0.122 e. The normalized spacial score (nSPS) is 11.0. The summed E-state index contributed by atoms with van der Waals surface area (Å²) in [5.41, 5.74) is 1.20. The largest absolute Gasteiger partial charge is 0.361 e. The highest BCUT2D eigenvalue weighted by atomic mass is 79.9. The molecule has 0 amide bonds. The van der Waals surface area contributed by atoms with Gasteiger partial charge in [-0.25, -0.2) is 0 Å². The van der Waals surface area contributed by atoms with Crippen molar-refractivity contribution in [3.63, 3.8) is 0 Å². The molecule has 0 saturated heterocycles. The van der Waals surface area contributed by atoms with Gasteiger partial charge in [0, 0.05) is 17.3 Å². The van der Waals surface area contributed by atoms with Crippen LogP contribution >= 0.6 is 15.9 Å². The van der Waals surface area contributed by atoms with Gasteiger partial charge in [0.1, 0.15) is 6.73 Å². The lowest BCUT2D eigenvalue weighted by Crippen LogP contribution is -2.00. The minimum Gasteiger partial charge on any atom is -0.361 e. The highest BCUT2D eigenvalue weighted by Crippen LogP contribution is 2.20. The third-order valence-electron chi connectivity index (χ3n) is 2.17. The van der Waals surface area contributed by atoms with E-state index in [0.29, 0.717) is 6.73 Å². The molecule has 1 aromatic carbocycles. The SMILES string of the molecule is CCOCn1ccc2ccc(Br)cc21. The van der Waals surface area contributed by atoms with Gasteiger partial charge < -0.3 is 9.30 Å². The van der Waals surface area contributed by atoms with Crippen LogP contribution in [0.1, 0.15) is 6.92 Å². The second kappa shape index (κ2) is 4.15. The second-order valence-corrected chi connectivity index (χ2v) is 4.03. The lowest BCUT2D eigenvalue weighted by atomic mass is 10.2. The molecule has 0 radical (unpaired) electrons. The third-order valence-corrected chi connectivity index (χ3v) is 2.66. The number of hydrogen-bond donors (Lipinski definition) is 0. The summed E-state index contributed by atoms with van der Waals surface area (Å²) < 4.78 is 8.57. The molecule has 1 aromatic heterocycles. The van der Waals surface area contributed by atoms with Gasteiger partial charge in [-0.15, -0.1) is 0 Å². The first-order valence-electron chi connectivity index (χ1n) is 4.63. The predicted octanol–water partition coefficient (Wildman–Crippen LogP) is 3.40. The van der Waals surface area contributed by atoms with Crippen LogP contribution in [0, 0.1) is 0 Å². The molecule has 0 bridgehead atoms. The summed E-state index contributed by atoms with van der Waals surface area (Å²) in [6, 6.07) is 8.35. The Morgan fingerprint density at radius 2 is 2.21 bits per heavy atom. The first-order chi connectivity index (χ1) is 6.81. The molecule has 3 heteroatoms. The first-order valence-corrected chi connectivity index (χ1v) is 5.42. The molecular formula is C11H12BrNO. The van der Waals surface area contributed by atoms with Crippen molar-refractivity contribution < 1.29 is 4.74 Å². The summed E-state index contributed by atoms with van der Waals surface area (Å²) in [7, 11) is 0. The van der Waals surface area contributed by atoms with Crippen LogP contribution in [0.5, 0.6) is 0 Å². The first kappa shape index (κ1) is 9.74. The van der Waals surface area contributed by atoms with Gasteiger partial charge in [0.25, 0.3) is 0 Å². The van der Waals surface area contributed by atoms with E-state index in [9.17, 15) is 0 Å². The molecule has 0 fully saturated rings. The standard InChI is InChI=1S/C11H12BrNO/c1-2-14-8-13-6-5-9-3-4-10(12)7-11(9)13/h3-7H,2,8H2,1H3. The molecule has 1 heterocycles. The summed E-state index contributed by atoms with van der Waals surface area (Å²) in [5.74, 6) is 0. The summed E-state index contributed by atoms with van der Waals surface area (Å²) in [5, 5.41) is 1.24. The Labute approximate surface area is 91.6 Å².